The van der Waals surface area contributed by atoms with E-state index in [2.05, 4.69) is 5.32 Å². The second-order valence-electron chi connectivity index (χ2n) is 5.05. The summed E-state index contributed by atoms with van der Waals surface area (Å²) >= 11 is 0. The fourth-order valence-corrected chi connectivity index (χ4v) is 1.93. The van der Waals surface area contributed by atoms with E-state index in [1.54, 1.807) is 14.0 Å². The van der Waals surface area contributed by atoms with E-state index in [4.69, 9.17) is 5.26 Å². The molecule has 1 atom stereocenters. The summed E-state index contributed by atoms with van der Waals surface area (Å²) in [5.74, 6) is -0.483. The van der Waals surface area contributed by atoms with Gasteiger partial charge in [-0.25, -0.2) is 4.79 Å². The first kappa shape index (κ1) is 16.0. The molecule has 110 valence electrons. The molecule has 7 heteroatoms. The Kier molecular flexibility index (Phi) is 5.08. The third kappa shape index (κ3) is 3.26. The molecule has 0 spiro atoms. The maximum atomic E-state index is 12.1. The highest BCUT2D eigenvalue weighted by atomic mass is 16.2. The Labute approximate surface area is 118 Å². The molecule has 7 nitrogen and oxygen atoms in total. The summed E-state index contributed by atoms with van der Waals surface area (Å²) in [5, 5.41) is 11.1. The Morgan fingerprint density at radius 2 is 2.15 bits per heavy atom. The van der Waals surface area contributed by atoms with Crippen LogP contribution in [0.25, 0.3) is 0 Å². The second kappa shape index (κ2) is 6.37. The molecule has 4 amide bonds. The number of carbonyl (C=O) groups excluding carboxylic acids is 3. The number of amides is 4. The zero-order valence-corrected chi connectivity index (χ0v) is 12.1. The number of hydrogen-bond donors (Lipinski definition) is 1. The third-order valence-corrected chi connectivity index (χ3v) is 3.59. The van der Waals surface area contributed by atoms with Gasteiger partial charge in [0.05, 0.1) is 12.5 Å². The SMILES string of the molecule is CCC1(C)NC(=O)N(CCC(=O)N(C)CCC#N)C1=O. The van der Waals surface area contributed by atoms with Crippen LogP contribution >= 0.6 is 0 Å². The molecule has 0 aliphatic carbocycles. The van der Waals surface area contributed by atoms with E-state index in [-0.39, 0.29) is 31.2 Å². The number of imide groups is 1. The minimum Gasteiger partial charge on any atom is -0.345 e. The Balaban J connectivity index is 2.54. The lowest BCUT2D eigenvalue weighted by molar-refractivity contribution is -0.132. The van der Waals surface area contributed by atoms with Crippen molar-refractivity contribution in [3.8, 4) is 6.07 Å². The van der Waals surface area contributed by atoms with Gasteiger partial charge in [-0.3, -0.25) is 14.5 Å². The van der Waals surface area contributed by atoms with Crippen molar-refractivity contribution in [3.63, 3.8) is 0 Å². The molecule has 1 N–H and O–H groups in total. The molecule has 0 aromatic carbocycles. The van der Waals surface area contributed by atoms with Crippen LogP contribution in [0, 0.1) is 11.3 Å². The van der Waals surface area contributed by atoms with Crippen molar-refractivity contribution < 1.29 is 14.4 Å². The zero-order chi connectivity index (χ0) is 15.3. The first-order chi connectivity index (χ1) is 9.35. The van der Waals surface area contributed by atoms with E-state index >= 15 is 0 Å². The van der Waals surface area contributed by atoms with Gasteiger partial charge >= 0.3 is 6.03 Å². The van der Waals surface area contributed by atoms with Gasteiger partial charge in [-0.05, 0) is 13.3 Å². The van der Waals surface area contributed by atoms with Crippen LogP contribution in [0.15, 0.2) is 0 Å². The maximum Gasteiger partial charge on any atom is 0.325 e. The smallest absolute Gasteiger partial charge is 0.325 e. The van der Waals surface area contributed by atoms with E-state index in [0.29, 0.717) is 13.0 Å². The largest absolute Gasteiger partial charge is 0.345 e. The summed E-state index contributed by atoms with van der Waals surface area (Å²) in [6.07, 6.45) is 0.838. The van der Waals surface area contributed by atoms with E-state index in [1.807, 2.05) is 13.0 Å². The molecule has 0 aromatic heterocycles. The van der Waals surface area contributed by atoms with Gasteiger partial charge in [-0.1, -0.05) is 6.92 Å². The van der Waals surface area contributed by atoms with E-state index in [9.17, 15) is 14.4 Å². The van der Waals surface area contributed by atoms with Gasteiger partial charge in [-0.2, -0.15) is 5.26 Å². The summed E-state index contributed by atoms with van der Waals surface area (Å²) in [6, 6.07) is 1.51. The Morgan fingerprint density at radius 1 is 1.50 bits per heavy atom. The lowest BCUT2D eigenvalue weighted by atomic mass is 9.99. The molecule has 0 bridgehead atoms. The number of nitrogens with one attached hydrogen (secondary N) is 1. The molecule has 0 radical (unpaired) electrons. The van der Waals surface area contributed by atoms with Crippen molar-refractivity contribution >= 4 is 17.8 Å². The minimum absolute atomic E-state index is 0.0655. The monoisotopic (exact) mass is 280 g/mol. The van der Waals surface area contributed by atoms with Gasteiger partial charge < -0.3 is 10.2 Å². The average Bonchev–Trinajstić information content (AvgIpc) is 2.64. The number of nitrogens with zero attached hydrogens (tertiary/aromatic N) is 3. The highest BCUT2D eigenvalue weighted by Crippen LogP contribution is 2.20. The lowest BCUT2D eigenvalue weighted by Gasteiger charge is -2.20. The van der Waals surface area contributed by atoms with Crippen molar-refractivity contribution in [3.05, 3.63) is 0 Å². The molecule has 1 aliphatic rings. The van der Waals surface area contributed by atoms with Crippen molar-refractivity contribution in [1.29, 1.82) is 5.26 Å². The van der Waals surface area contributed by atoms with Crippen molar-refractivity contribution in [1.82, 2.24) is 15.1 Å². The highest BCUT2D eigenvalue weighted by Gasteiger charge is 2.46. The molecular weight excluding hydrogens is 260 g/mol. The fourth-order valence-electron chi connectivity index (χ4n) is 1.93. The second-order valence-corrected chi connectivity index (χ2v) is 5.05. The van der Waals surface area contributed by atoms with Crippen LogP contribution in [0.2, 0.25) is 0 Å². The normalized spacial score (nSPS) is 21.6. The van der Waals surface area contributed by atoms with Gasteiger partial charge in [0, 0.05) is 26.6 Å². The highest BCUT2D eigenvalue weighted by molar-refractivity contribution is 6.06. The van der Waals surface area contributed by atoms with Gasteiger partial charge in [0.2, 0.25) is 5.91 Å². The lowest BCUT2D eigenvalue weighted by Crippen LogP contribution is -2.43. The van der Waals surface area contributed by atoms with Gasteiger partial charge in [-0.15, -0.1) is 0 Å². The molecule has 1 saturated heterocycles. The van der Waals surface area contributed by atoms with Crippen molar-refractivity contribution in [2.45, 2.75) is 38.6 Å². The molecule has 1 unspecified atom stereocenters. The predicted molar refractivity (Wildman–Crippen MR) is 71.4 cm³/mol. The van der Waals surface area contributed by atoms with Crippen LogP contribution in [-0.2, 0) is 9.59 Å². The van der Waals surface area contributed by atoms with Crippen LogP contribution in [0.5, 0.6) is 0 Å². The maximum absolute atomic E-state index is 12.1. The number of rotatable bonds is 6. The summed E-state index contributed by atoms with van der Waals surface area (Å²) < 4.78 is 0. The van der Waals surface area contributed by atoms with Crippen molar-refractivity contribution in [2.24, 2.45) is 0 Å². The minimum atomic E-state index is -0.868. The van der Waals surface area contributed by atoms with Crippen LogP contribution in [0.1, 0.15) is 33.1 Å². The summed E-state index contributed by atoms with van der Waals surface area (Å²) in [6.45, 7) is 3.91. The predicted octanol–water partition coefficient (Wildman–Crippen LogP) is 0.469. The zero-order valence-electron chi connectivity index (χ0n) is 12.1. The van der Waals surface area contributed by atoms with Gasteiger partial charge in [0.1, 0.15) is 5.54 Å². The molecule has 1 heterocycles. The topological polar surface area (TPSA) is 93.5 Å². The third-order valence-electron chi connectivity index (χ3n) is 3.59. The molecule has 1 rings (SSSR count). The summed E-state index contributed by atoms with van der Waals surface area (Å²) in [7, 11) is 1.60. The number of hydrogen-bond acceptors (Lipinski definition) is 4. The number of carbonyl (C=O) groups is 3. The van der Waals surface area contributed by atoms with E-state index in [1.165, 1.54) is 4.90 Å². The standard InChI is InChI=1S/C13H20N4O3/c1-4-13(2)11(19)17(12(20)15-13)9-6-10(18)16(3)8-5-7-14/h4-6,8-9H2,1-3H3,(H,15,20). The molecule has 1 aliphatic heterocycles. The van der Waals surface area contributed by atoms with Crippen LogP contribution in [0.3, 0.4) is 0 Å². The van der Waals surface area contributed by atoms with E-state index in [0.717, 1.165) is 4.90 Å². The molecular formula is C13H20N4O3. The van der Waals surface area contributed by atoms with Gasteiger partial charge in [0.15, 0.2) is 0 Å². The quantitative estimate of drug-likeness (QED) is 0.716. The summed E-state index contributed by atoms with van der Waals surface area (Å²) in [5.41, 5.74) is -0.868. The molecule has 20 heavy (non-hydrogen) atoms. The summed E-state index contributed by atoms with van der Waals surface area (Å²) in [4.78, 5) is 38.1. The van der Waals surface area contributed by atoms with Gasteiger partial charge in [0.25, 0.3) is 5.91 Å². The molecule has 1 fully saturated rings. The number of urea groups is 1. The first-order valence-electron chi connectivity index (χ1n) is 6.60. The van der Waals surface area contributed by atoms with Crippen LogP contribution in [0.4, 0.5) is 4.79 Å². The Hall–Kier alpha value is -2.10. The fraction of sp³-hybridized carbons (Fsp3) is 0.692. The average molecular weight is 280 g/mol. The van der Waals surface area contributed by atoms with E-state index < -0.39 is 11.6 Å². The Morgan fingerprint density at radius 3 is 2.65 bits per heavy atom. The number of nitriles is 1. The first-order valence-corrected chi connectivity index (χ1v) is 6.60. The van der Waals surface area contributed by atoms with Crippen LogP contribution in [-0.4, -0.2) is 53.3 Å². The molecule has 0 saturated carbocycles. The van der Waals surface area contributed by atoms with Crippen molar-refractivity contribution in [2.75, 3.05) is 20.1 Å². The molecule has 0 aromatic rings. The Bertz CT molecular complexity index is 457. The van der Waals surface area contributed by atoms with Crippen LogP contribution < -0.4 is 5.32 Å².